The Morgan fingerprint density at radius 1 is 1.07 bits per heavy atom. The molecule has 0 aromatic heterocycles. The minimum absolute atomic E-state index is 0.00559. The molecule has 6 heteroatoms. The number of likely N-dealkylation sites (tertiary alicyclic amines) is 1. The Kier molecular flexibility index (Phi) is 6.75. The summed E-state index contributed by atoms with van der Waals surface area (Å²) < 4.78 is 6.00. The standard InChI is InChI=1S/C23H29N3O3/c1-17-8-10-20(11-9-17)29-21-7-5-4-6-19(21)16-24-22(27)18-12-14-26(15-13-18)23(28)25(2)3/h4-11,18H,12-16H2,1-3H3,(H,24,27). The quantitative estimate of drug-likeness (QED) is 0.838. The highest BCUT2D eigenvalue weighted by Crippen LogP contribution is 2.26. The van der Waals surface area contributed by atoms with Crippen LogP contribution in [0.1, 0.15) is 24.0 Å². The van der Waals surface area contributed by atoms with Gasteiger partial charge < -0.3 is 19.9 Å². The molecule has 154 valence electrons. The fraction of sp³-hybridized carbons (Fsp3) is 0.391. The molecule has 0 bridgehead atoms. The van der Waals surface area contributed by atoms with Gasteiger partial charge in [0.15, 0.2) is 0 Å². The number of nitrogens with one attached hydrogen (secondary N) is 1. The lowest BCUT2D eigenvalue weighted by molar-refractivity contribution is -0.126. The van der Waals surface area contributed by atoms with Crippen LogP contribution < -0.4 is 10.1 Å². The first-order valence-corrected chi connectivity index (χ1v) is 10.0. The van der Waals surface area contributed by atoms with Crippen LogP contribution in [0.3, 0.4) is 0 Å². The monoisotopic (exact) mass is 395 g/mol. The predicted molar refractivity (Wildman–Crippen MR) is 113 cm³/mol. The van der Waals surface area contributed by atoms with Crippen molar-refractivity contribution in [2.75, 3.05) is 27.2 Å². The number of carbonyl (C=O) groups excluding carboxylic acids is 2. The number of hydrogen-bond acceptors (Lipinski definition) is 3. The average molecular weight is 396 g/mol. The maximum Gasteiger partial charge on any atom is 0.319 e. The molecular weight excluding hydrogens is 366 g/mol. The number of aryl methyl sites for hydroxylation is 1. The average Bonchev–Trinajstić information content (AvgIpc) is 2.74. The second kappa shape index (κ2) is 9.45. The van der Waals surface area contributed by atoms with E-state index in [-0.39, 0.29) is 17.9 Å². The third kappa shape index (κ3) is 5.50. The van der Waals surface area contributed by atoms with E-state index in [1.165, 1.54) is 5.56 Å². The largest absolute Gasteiger partial charge is 0.457 e. The summed E-state index contributed by atoms with van der Waals surface area (Å²) in [4.78, 5) is 28.0. The smallest absolute Gasteiger partial charge is 0.319 e. The molecule has 0 radical (unpaired) electrons. The fourth-order valence-electron chi connectivity index (χ4n) is 3.43. The van der Waals surface area contributed by atoms with E-state index in [9.17, 15) is 9.59 Å². The zero-order valence-electron chi connectivity index (χ0n) is 17.4. The molecule has 2 aromatic rings. The minimum Gasteiger partial charge on any atom is -0.457 e. The molecule has 2 aromatic carbocycles. The van der Waals surface area contributed by atoms with Crippen molar-refractivity contribution in [2.24, 2.45) is 5.92 Å². The number of carbonyl (C=O) groups is 2. The van der Waals surface area contributed by atoms with Gasteiger partial charge in [0, 0.05) is 45.2 Å². The molecule has 3 rings (SSSR count). The van der Waals surface area contributed by atoms with Crippen LogP contribution in [0.15, 0.2) is 48.5 Å². The first-order valence-electron chi connectivity index (χ1n) is 10.0. The Balaban J connectivity index is 1.54. The van der Waals surface area contributed by atoms with Gasteiger partial charge in [-0.3, -0.25) is 4.79 Å². The van der Waals surface area contributed by atoms with Crippen molar-refractivity contribution in [3.63, 3.8) is 0 Å². The first-order chi connectivity index (χ1) is 13.9. The topological polar surface area (TPSA) is 61.9 Å². The number of hydrogen-bond donors (Lipinski definition) is 1. The van der Waals surface area contributed by atoms with E-state index in [2.05, 4.69) is 5.32 Å². The molecule has 29 heavy (non-hydrogen) atoms. The zero-order chi connectivity index (χ0) is 20.8. The number of benzene rings is 2. The fourth-order valence-corrected chi connectivity index (χ4v) is 3.43. The lowest BCUT2D eigenvalue weighted by Gasteiger charge is -2.33. The molecule has 1 saturated heterocycles. The number of ether oxygens (including phenoxy) is 1. The van der Waals surface area contributed by atoms with E-state index >= 15 is 0 Å². The van der Waals surface area contributed by atoms with Crippen molar-refractivity contribution in [3.05, 3.63) is 59.7 Å². The summed E-state index contributed by atoms with van der Waals surface area (Å²) in [5.41, 5.74) is 2.11. The van der Waals surface area contributed by atoms with Gasteiger partial charge in [0.1, 0.15) is 11.5 Å². The molecule has 0 spiro atoms. The number of para-hydroxylation sites is 1. The lowest BCUT2D eigenvalue weighted by atomic mass is 9.96. The van der Waals surface area contributed by atoms with Gasteiger partial charge in [-0.1, -0.05) is 35.9 Å². The van der Waals surface area contributed by atoms with Crippen molar-refractivity contribution in [3.8, 4) is 11.5 Å². The van der Waals surface area contributed by atoms with Crippen LogP contribution >= 0.6 is 0 Å². The molecule has 6 nitrogen and oxygen atoms in total. The number of rotatable bonds is 5. The normalized spacial score (nSPS) is 14.4. The SMILES string of the molecule is Cc1ccc(Oc2ccccc2CNC(=O)C2CCN(C(=O)N(C)C)CC2)cc1. The van der Waals surface area contributed by atoms with Crippen LogP contribution in [-0.4, -0.2) is 48.9 Å². The van der Waals surface area contributed by atoms with Crippen molar-refractivity contribution in [2.45, 2.75) is 26.3 Å². The molecular formula is C23H29N3O3. The number of piperidine rings is 1. The Morgan fingerprint density at radius 2 is 1.72 bits per heavy atom. The summed E-state index contributed by atoms with van der Waals surface area (Å²) >= 11 is 0. The minimum atomic E-state index is -0.0635. The van der Waals surface area contributed by atoms with Crippen LogP contribution in [0.25, 0.3) is 0 Å². The third-order valence-electron chi connectivity index (χ3n) is 5.19. The van der Waals surface area contributed by atoms with E-state index in [4.69, 9.17) is 4.74 Å². The van der Waals surface area contributed by atoms with Gasteiger partial charge in [-0.2, -0.15) is 0 Å². The molecule has 1 N–H and O–H groups in total. The number of nitrogens with zero attached hydrogens (tertiary/aromatic N) is 2. The Morgan fingerprint density at radius 3 is 2.38 bits per heavy atom. The second-order valence-electron chi connectivity index (χ2n) is 7.68. The van der Waals surface area contributed by atoms with Crippen LogP contribution in [-0.2, 0) is 11.3 Å². The van der Waals surface area contributed by atoms with E-state index in [0.717, 1.165) is 17.1 Å². The Hall–Kier alpha value is -3.02. The molecule has 0 atom stereocenters. The highest BCUT2D eigenvalue weighted by Gasteiger charge is 2.27. The van der Waals surface area contributed by atoms with Crippen molar-refractivity contribution >= 4 is 11.9 Å². The molecule has 1 fully saturated rings. The van der Waals surface area contributed by atoms with E-state index in [1.54, 1.807) is 23.9 Å². The van der Waals surface area contributed by atoms with Crippen LogP contribution in [0.4, 0.5) is 4.79 Å². The number of amides is 3. The lowest BCUT2D eigenvalue weighted by Crippen LogP contribution is -2.46. The van der Waals surface area contributed by atoms with Gasteiger partial charge in [-0.05, 0) is 38.0 Å². The highest BCUT2D eigenvalue weighted by atomic mass is 16.5. The zero-order valence-corrected chi connectivity index (χ0v) is 17.4. The molecule has 1 aliphatic heterocycles. The van der Waals surface area contributed by atoms with Gasteiger partial charge in [-0.25, -0.2) is 4.79 Å². The summed E-state index contributed by atoms with van der Waals surface area (Å²) in [6.07, 6.45) is 1.37. The van der Waals surface area contributed by atoms with Gasteiger partial charge in [-0.15, -0.1) is 0 Å². The van der Waals surface area contributed by atoms with Gasteiger partial charge in [0.2, 0.25) is 5.91 Å². The molecule has 1 heterocycles. The predicted octanol–water partition coefficient (Wildman–Crippen LogP) is 3.80. The maximum absolute atomic E-state index is 12.6. The Labute approximate surface area is 172 Å². The maximum atomic E-state index is 12.6. The summed E-state index contributed by atoms with van der Waals surface area (Å²) in [7, 11) is 3.49. The van der Waals surface area contributed by atoms with Gasteiger partial charge in [0.05, 0.1) is 0 Å². The third-order valence-corrected chi connectivity index (χ3v) is 5.19. The van der Waals surface area contributed by atoms with Crippen LogP contribution in [0.5, 0.6) is 11.5 Å². The summed E-state index contributed by atoms with van der Waals surface area (Å²) in [5.74, 6) is 1.48. The highest BCUT2D eigenvalue weighted by molar-refractivity contribution is 5.79. The Bertz CT molecular complexity index is 841. The van der Waals surface area contributed by atoms with Crippen molar-refractivity contribution < 1.29 is 14.3 Å². The van der Waals surface area contributed by atoms with Gasteiger partial charge >= 0.3 is 6.03 Å². The first kappa shape index (κ1) is 20.7. The molecule has 0 aliphatic carbocycles. The van der Waals surface area contributed by atoms with Crippen LogP contribution in [0, 0.1) is 12.8 Å². The van der Waals surface area contributed by atoms with E-state index in [1.807, 2.05) is 55.5 Å². The van der Waals surface area contributed by atoms with Gasteiger partial charge in [0.25, 0.3) is 0 Å². The molecule has 0 unspecified atom stereocenters. The van der Waals surface area contributed by atoms with Crippen molar-refractivity contribution in [1.29, 1.82) is 0 Å². The van der Waals surface area contributed by atoms with E-state index in [0.29, 0.717) is 32.5 Å². The number of urea groups is 1. The summed E-state index contributed by atoms with van der Waals surface area (Å²) in [5, 5.41) is 3.04. The van der Waals surface area contributed by atoms with E-state index < -0.39 is 0 Å². The molecule has 1 aliphatic rings. The summed E-state index contributed by atoms with van der Waals surface area (Å²) in [6, 6.07) is 15.6. The van der Waals surface area contributed by atoms with Crippen molar-refractivity contribution in [1.82, 2.24) is 15.1 Å². The second-order valence-corrected chi connectivity index (χ2v) is 7.68. The molecule has 3 amide bonds. The summed E-state index contributed by atoms with van der Waals surface area (Å²) in [6.45, 7) is 3.68. The van der Waals surface area contributed by atoms with Crippen LogP contribution in [0.2, 0.25) is 0 Å². The molecule has 0 saturated carbocycles.